The van der Waals surface area contributed by atoms with Gasteiger partial charge in [0, 0.05) is 13.0 Å². The van der Waals surface area contributed by atoms with E-state index < -0.39 is 6.04 Å². The number of rotatable bonds is 9. The number of amides is 1. The van der Waals surface area contributed by atoms with E-state index >= 15 is 0 Å². The summed E-state index contributed by atoms with van der Waals surface area (Å²) in [5, 5.41) is 0. The van der Waals surface area contributed by atoms with E-state index in [0.717, 1.165) is 30.7 Å². The lowest BCUT2D eigenvalue weighted by Gasteiger charge is -2.30. The highest BCUT2D eigenvalue weighted by molar-refractivity contribution is 6.22. The molecule has 1 aliphatic heterocycles. The van der Waals surface area contributed by atoms with Gasteiger partial charge in [0.25, 0.3) is 5.91 Å². The van der Waals surface area contributed by atoms with Crippen LogP contribution in [0.3, 0.4) is 0 Å². The molecule has 1 atom stereocenters. The van der Waals surface area contributed by atoms with Crippen LogP contribution in [0, 0.1) is 0 Å². The van der Waals surface area contributed by atoms with E-state index in [1.807, 2.05) is 66.7 Å². The molecule has 6 heteroatoms. The van der Waals surface area contributed by atoms with Gasteiger partial charge in [-0.15, -0.1) is 0 Å². The molecule has 2 heterocycles. The minimum atomic E-state index is -0.488. The summed E-state index contributed by atoms with van der Waals surface area (Å²) in [6, 6.07) is 21.0. The third kappa shape index (κ3) is 4.69. The van der Waals surface area contributed by atoms with Gasteiger partial charge in [-0.3, -0.25) is 4.79 Å². The first-order valence-corrected chi connectivity index (χ1v) is 11.1. The van der Waals surface area contributed by atoms with E-state index in [0.29, 0.717) is 30.4 Å². The molecule has 0 fully saturated rings. The zero-order valence-electron chi connectivity index (χ0n) is 18.6. The highest BCUT2D eigenvalue weighted by Crippen LogP contribution is 2.33. The summed E-state index contributed by atoms with van der Waals surface area (Å²) >= 11 is 0. The monoisotopic (exact) mass is 431 g/mol. The van der Waals surface area contributed by atoms with Gasteiger partial charge in [0.2, 0.25) is 5.96 Å². The van der Waals surface area contributed by atoms with Gasteiger partial charge in [0.15, 0.2) is 0 Å². The molecule has 2 aromatic carbocycles. The van der Waals surface area contributed by atoms with Crippen molar-refractivity contribution in [3.8, 4) is 5.75 Å². The SMILES string of the molecule is CCCCN(Cc1ccco1)C1=NC(Cc2ccccc2)C(=O)N1c1ccccc1OC. The molecule has 166 valence electrons. The first-order valence-electron chi connectivity index (χ1n) is 11.1. The number of nitrogens with zero attached hydrogens (tertiary/aromatic N) is 3. The molecular weight excluding hydrogens is 402 g/mol. The average molecular weight is 432 g/mol. The molecule has 0 saturated heterocycles. The highest BCUT2D eigenvalue weighted by atomic mass is 16.5. The minimum absolute atomic E-state index is 0.0469. The lowest BCUT2D eigenvalue weighted by atomic mass is 10.1. The molecule has 1 amide bonds. The van der Waals surface area contributed by atoms with Crippen molar-refractivity contribution in [2.45, 2.75) is 38.8 Å². The van der Waals surface area contributed by atoms with Gasteiger partial charge in [0.05, 0.1) is 25.6 Å². The van der Waals surface area contributed by atoms with Crippen molar-refractivity contribution >= 4 is 17.6 Å². The molecule has 0 radical (unpaired) electrons. The fraction of sp³-hybridized carbons (Fsp3) is 0.308. The second kappa shape index (κ2) is 10.2. The Morgan fingerprint density at radius 2 is 1.84 bits per heavy atom. The average Bonchev–Trinajstić information content (AvgIpc) is 3.45. The van der Waals surface area contributed by atoms with Gasteiger partial charge in [-0.1, -0.05) is 55.8 Å². The molecule has 3 aromatic rings. The maximum atomic E-state index is 13.7. The number of unbranched alkanes of at least 4 members (excludes halogenated alkanes) is 1. The third-order valence-corrected chi connectivity index (χ3v) is 5.57. The Bertz CT molecular complexity index is 1050. The number of para-hydroxylation sites is 2. The number of carbonyl (C=O) groups excluding carboxylic acids is 1. The standard InChI is InChI=1S/C26H29N3O3/c1-3-4-16-28(19-21-13-10-17-32-21)26-27-22(18-20-11-6-5-7-12-20)25(30)29(26)23-14-8-9-15-24(23)31-2/h5-15,17,22H,3-4,16,18-19H2,1-2H3. The quantitative estimate of drug-likeness (QED) is 0.483. The minimum Gasteiger partial charge on any atom is -0.495 e. The summed E-state index contributed by atoms with van der Waals surface area (Å²) in [6.07, 6.45) is 4.25. The third-order valence-electron chi connectivity index (χ3n) is 5.57. The molecule has 1 aliphatic rings. The summed E-state index contributed by atoms with van der Waals surface area (Å²) in [5.41, 5.74) is 1.79. The highest BCUT2D eigenvalue weighted by Gasteiger charge is 2.39. The van der Waals surface area contributed by atoms with E-state index in [4.69, 9.17) is 14.1 Å². The van der Waals surface area contributed by atoms with E-state index in [9.17, 15) is 4.79 Å². The van der Waals surface area contributed by atoms with Gasteiger partial charge < -0.3 is 14.1 Å². The number of ether oxygens (including phenoxy) is 1. The number of hydrogen-bond acceptors (Lipinski definition) is 5. The van der Waals surface area contributed by atoms with Crippen LogP contribution < -0.4 is 9.64 Å². The lowest BCUT2D eigenvalue weighted by molar-refractivity contribution is -0.118. The van der Waals surface area contributed by atoms with Crippen LogP contribution in [0.2, 0.25) is 0 Å². The fourth-order valence-corrected chi connectivity index (χ4v) is 3.92. The number of benzene rings is 2. The van der Waals surface area contributed by atoms with Crippen LogP contribution >= 0.6 is 0 Å². The van der Waals surface area contributed by atoms with Crippen molar-refractivity contribution in [3.05, 3.63) is 84.3 Å². The molecule has 4 rings (SSSR count). The summed E-state index contributed by atoms with van der Waals surface area (Å²) < 4.78 is 11.2. The number of methoxy groups -OCH3 is 1. The molecule has 1 unspecified atom stereocenters. The second-order valence-corrected chi connectivity index (χ2v) is 7.83. The van der Waals surface area contributed by atoms with E-state index in [1.165, 1.54) is 0 Å². The Hall–Kier alpha value is -3.54. The number of anilines is 1. The van der Waals surface area contributed by atoms with Gasteiger partial charge in [-0.2, -0.15) is 0 Å². The summed E-state index contributed by atoms with van der Waals surface area (Å²) in [6.45, 7) is 3.47. The summed E-state index contributed by atoms with van der Waals surface area (Å²) in [7, 11) is 1.62. The smallest absolute Gasteiger partial charge is 0.259 e. The number of aliphatic imine (C=N–C) groups is 1. The Morgan fingerprint density at radius 1 is 1.06 bits per heavy atom. The molecule has 6 nitrogen and oxygen atoms in total. The van der Waals surface area contributed by atoms with Crippen molar-refractivity contribution in [1.29, 1.82) is 0 Å². The van der Waals surface area contributed by atoms with Crippen LogP contribution in [-0.4, -0.2) is 36.5 Å². The molecule has 32 heavy (non-hydrogen) atoms. The first-order chi connectivity index (χ1) is 15.7. The second-order valence-electron chi connectivity index (χ2n) is 7.83. The van der Waals surface area contributed by atoms with E-state index in [2.05, 4.69) is 11.8 Å². The topological polar surface area (TPSA) is 58.3 Å². The Morgan fingerprint density at radius 3 is 2.56 bits per heavy atom. The first kappa shape index (κ1) is 21.7. The van der Waals surface area contributed by atoms with Crippen molar-refractivity contribution in [2.75, 3.05) is 18.6 Å². The van der Waals surface area contributed by atoms with Crippen molar-refractivity contribution in [3.63, 3.8) is 0 Å². The van der Waals surface area contributed by atoms with Crippen LogP contribution in [0.25, 0.3) is 0 Å². The number of carbonyl (C=O) groups is 1. The molecule has 0 saturated carbocycles. The van der Waals surface area contributed by atoms with Crippen LogP contribution in [0.4, 0.5) is 5.69 Å². The maximum absolute atomic E-state index is 13.7. The van der Waals surface area contributed by atoms with Gasteiger partial charge in [-0.05, 0) is 36.2 Å². The number of guanidine groups is 1. The van der Waals surface area contributed by atoms with Crippen LogP contribution in [0.1, 0.15) is 31.1 Å². The van der Waals surface area contributed by atoms with Gasteiger partial charge in [0.1, 0.15) is 17.6 Å². The Labute approximate surface area is 189 Å². The number of furan rings is 1. The molecular formula is C26H29N3O3. The van der Waals surface area contributed by atoms with Gasteiger partial charge >= 0.3 is 0 Å². The zero-order chi connectivity index (χ0) is 22.3. The molecule has 0 aliphatic carbocycles. The summed E-state index contributed by atoms with van der Waals surface area (Å²) in [4.78, 5) is 22.5. The predicted octanol–water partition coefficient (Wildman–Crippen LogP) is 4.90. The number of hydrogen-bond donors (Lipinski definition) is 0. The van der Waals surface area contributed by atoms with Crippen LogP contribution in [0.15, 0.2) is 82.4 Å². The van der Waals surface area contributed by atoms with E-state index in [-0.39, 0.29) is 5.91 Å². The summed E-state index contributed by atoms with van der Waals surface area (Å²) in [5.74, 6) is 2.07. The Kier molecular flexibility index (Phi) is 6.90. The molecule has 1 aromatic heterocycles. The van der Waals surface area contributed by atoms with Crippen molar-refractivity contribution in [1.82, 2.24) is 4.90 Å². The predicted molar refractivity (Wildman–Crippen MR) is 126 cm³/mol. The molecule has 0 spiro atoms. The molecule has 0 bridgehead atoms. The Balaban J connectivity index is 1.73. The van der Waals surface area contributed by atoms with E-state index in [1.54, 1.807) is 18.3 Å². The van der Waals surface area contributed by atoms with Gasteiger partial charge in [-0.25, -0.2) is 9.89 Å². The van der Waals surface area contributed by atoms with Crippen LogP contribution in [-0.2, 0) is 17.8 Å². The fourth-order valence-electron chi connectivity index (χ4n) is 3.92. The van der Waals surface area contributed by atoms with Crippen LogP contribution in [0.5, 0.6) is 5.75 Å². The largest absolute Gasteiger partial charge is 0.495 e. The maximum Gasteiger partial charge on any atom is 0.259 e. The van der Waals surface area contributed by atoms with Crippen molar-refractivity contribution in [2.24, 2.45) is 4.99 Å². The van der Waals surface area contributed by atoms with Crippen molar-refractivity contribution < 1.29 is 13.9 Å². The normalized spacial score (nSPS) is 15.7. The molecule has 0 N–H and O–H groups in total. The zero-order valence-corrected chi connectivity index (χ0v) is 18.6. The lowest BCUT2D eigenvalue weighted by Crippen LogP contribution is -2.45.